The Bertz CT molecular complexity index is 2440. The molecule has 0 amide bonds. The lowest BCUT2D eigenvalue weighted by Gasteiger charge is -2.36. The Morgan fingerprint density at radius 3 is 2.03 bits per heavy atom. The summed E-state index contributed by atoms with van der Waals surface area (Å²) in [5.74, 6) is 1.67. The SMILES string of the molecule is CCCCCCCCCCCCOc1ccc(C2=c3ccc([nH]3)=Cc3ccc([nH]3)C(Cl)(c3ccc(OCCC[N+](C)(C)CCCN(C)C)cc3)C3(Cl)C=CC(=N3)C=C3C=CC2=N3)cc1. The third-order valence-electron chi connectivity index (χ3n) is 12.5. The van der Waals surface area contributed by atoms with E-state index in [4.69, 9.17) is 42.7 Å². The van der Waals surface area contributed by atoms with Gasteiger partial charge >= 0.3 is 0 Å². The zero-order valence-electron chi connectivity index (χ0n) is 38.8. The summed E-state index contributed by atoms with van der Waals surface area (Å²) in [6, 6.07) is 24.6. The minimum atomic E-state index is -1.35. The van der Waals surface area contributed by atoms with Gasteiger partial charge in [0.15, 0.2) is 9.87 Å². The standard InChI is InChI=1S/C54H69Cl2N6O2/c1-6-7-8-9-10-11-12-13-14-15-37-63-47-25-18-41(19-26-47)52-49-29-22-43(57-49)39-45-24-31-51(59-45)54(56,53(55)33-32-46(60-53)40-44-23-30-50(52)58-44)42-20-27-48(28-21-42)64-38-17-36-62(4,5)35-16-34-61(2)3/h18-33,39-40,57,59H,6-17,34-38H2,1-5H3/q+1. The lowest BCUT2D eigenvalue weighted by Crippen LogP contribution is -2.42. The van der Waals surface area contributed by atoms with Crippen LogP contribution in [0.1, 0.15) is 106 Å². The number of halogens is 2. The van der Waals surface area contributed by atoms with Crippen molar-refractivity contribution in [2.24, 2.45) is 9.98 Å². The normalized spacial score (nSPS) is 19.2. The zero-order valence-corrected chi connectivity index (χ0v) is 40.3. The number of unbranched alkanes of at least 4 members (excludes halogenated alkanes) is 9. The van der Waals surface area contributed by atoms with Gasteiger partial charge in [0, 0.05) is 47.0 Å². The van der Waals surface area contributed by atoms with Crippen molar-refractivity contribution in [2.75, 3.05) is 61.0 Å². The van der Waals surface area contributed by atoms with E-state index in [9.17, 15) is 0 Å². The predicted octanol–water partition coefficient (Wildman–Crippen LogP) is 10.8. The van der Waals surface area contributed by atoms with Crippen molar-refractivity contribution in [1.82, 2.24) is 14.9 Å². The first-order valence-electron chi connectivity index (χ1n) is 23.6. The smallest absolute Gasteiger partial charge is 0.181 e. The Hall–Kier alpha value is -4.60. The van der Waals surface area contributed by atoms with E-state index in [1.54, 1.807) is 0 Å². The maximum atomic E-state index is 7.85. The van der Waals surface area contributed by atoms with E-state index in [0.717, 1.165) is 105 Å². The molecule has 8 nitrogen and oxygen atoms in total. The number of rotatable bonds is 23. The van der Waals surface area contributed by atoms with E-state index in [1.165, 1.54) is 64.2 Å². The lowest BCUT2D eigenvalue weighted by molar-refractivity contribution is -0.890. The molecule has 0 spiro atoms. The number of allylic oxidation sites excluding steroid dienone is 4. The van der Waals surface area contributed by atoms with E-state index in [-0.39, 0.29) is 0 Å². The summed E-state index contributed by atoms with van der Waals surface area (Å²) >= 11 is 15.4. The van der Waals surface area contributed by atoms with Gasteiger partial charge in [-0.05, 0) is 117 Å². The average Bonchev–Trinajstić information content (AvgIpc) is 4.12. The number of fused-ring (bicyclic) bond motifs is 6. The van der Waals surface area contributed by atoms with Crippen molar-refractivity contribution >= 4 is 46.3 Å². The highest BCUT2D eigenvalue weighted by atomic mass is 35.5. The highest BCUT2D eigenvalue weighted by molar-refractivity contribution is 6.38. The molecule has 3 aliphatic rings. The van der Waals surface area contributed by atoms with Crippen LogP contribution in [0.15, 0.2) is 119 Å². The number of ether oxygens (including phenoxy) is 2. The fourth-order valence-electron chi connectivity index (χ4n) is 8.86. The molecule has 2 aromatic carbocycles. The Morgan fingerprint density at radius 1 is 0.672 bits per heavy atom. The minimum Gasteiger partial charge on any atom is -0.494 e. The third-order valence-corrected chi connectivity index (χ3v) is 13.8. The Balaban J connectivity index is 1.08. The summed E-state index contributed by atoms with van der Waals surface area (Å²) in [5, 5.41) is 1.89. The summed E-state index contributed by atoms with van der Waals surface area (Å²) in [5.41, 5.74) is 6.76. The van der Waals surface area contributed by atoms with Gasteiger partial charge in [0.05, 0.1) is 57.5 Å². The largest absolute Gasteiger partial charge is 0.494 e. The number of H-pyrrole nitrogens is 2. The van der Waals surface area contributed by atoms with Crippen molar-refractivity contribution in [3.8, 4) is 11.5 Å². The second-order valence-corrected chi connectivity index (χ2v) is 19.7. The molecule has 4 aromatic rings. The summed E-state index contributed by atoms with van der Waals surface area (Å²) < 4.78 is 13.4. The van der Waals surface area contributed by atoms with Gasteiger partial charge in [0.2, 0.25) is 0 Å². The molecular weight excluding hydrogens is 836 g/mol. The number of aromatic amines is 2. The zero-order chi connectivity index (χ0) is 45.0. The van der Waals surface area contributed by atoms with E-state index in [0.29, 0.717) is 12.3 Å². The van der Waals surface area contributed by atoms with Crippen LogP contribution in [0, 0.1) is 0 Å². The van der Waals surface area contributed by atoms with Gasteiger partial charge < -0.3 is 28.8 Å². The lowest BCUT2D eigenvalue weighted by atomic mass is 9.87. The molecule has 0 radical (unpaired) electrons. The van der Waals surface area contributed by atoms with Gasteiger partial charge in [-0.15, -0.1) is 11.6 Å². The molecular formula is C54H69Cl2N6O2+. The molecule has 0 saturated carbocycles. The first-order chi connectivity index (χ1) is 30.9. The number of quaternary nitrogens is 1. The van der Waals surface area contributed by atoms with Crippen LogP contribution in [0.3, 0.4) is 0 Å². The van der Waals surface area contributed by atoms with Crippen LogP contribution in [-0.4, -0.2) is 96.8 Å². The second-order valence-electron chi connectivity index (χ2n) is 18.6. The van der Waals surface area contributed by atoms with E-state index in [2.05, 4.69) is 98.5 Å². The van der Waals surface area contributed by atoms with Crippen LogP contribution in [0.4, 0.5) is 0 Å². The van der Waals surface area contributed by atoms with E-state index in [1.807, 2.05) is 60.7 Å². The van der Waals surface area contributed by atoms with Crippen LogP contribution in [0.2, 0.25) is 0 Å². The maximum absolute atomic E-state index is 7.85. The topological polar surface area (TPSA) is 78.0 Å². The molecule has 0 saturated heterocycles. The van der Waals surface area contributed by atoms with Crippen molar-refractivity contribution in [3.63, 3.8) is 0 Å². The number of nitrogens with one attached hydrogen (secondary N) is 2. The van der Waals surface area contributed by atoms with Crippen LogP contribution < -0.4 is 20.2 Å². The molecule has 3 aliphatic heterocycles. The Kier molecular flexibility index (Phi) is 16.3. The monoisotopic (exact) mass is 903 g/mol. The Morgan fingerprint density at radius 2 is 1.33 bits per heavy atom. The van der Waals surface area contributed by atoms with E-state index < -0.39 is 9.87 Å². The second kappa shape index (κ2) is 22.1. The van der Waals surface area contributed by atoms with Crippen molar-refractivity contribution < 1.29 is 14.0 Å². The molecule has 8 bridgehead atoms. The molecule has 0 aliphatic carbocycles. The molecule has 340 valence electrons. The van der Waals surface area contributed by atoms with Crippen molar-refractivity contribution in [1.29, 1.82) is 0 Å². The van der Waals surface area contributed by atoms with Gasteiger partial charge in [0.25, 0.3) is 0 Å². The maximum Gasteiger partial charge on any atom is 0.181 e. The highest BCUT2D eigenvalue weighted by Crippen LogP contribution is 2.52. The number of nitrogens with zero attached hydrogens (tertiary/aromatic N) is 4. The number of hydrogen-bond acceptors (Lipinski definition) is 5. The number of aromatic nitrogens is 2. The van der Waals surface area contributed by atoms with Crippen molar-refractivity contribution in [2.45, 2.75) is 93.8 Å². The minimum absolute atomic E-state index is 0.639. The number of alkyl halides is 2. The molecule has 0 fully saturated rings. The summed E-state index contributed by atoms with van der Waals surface area (Å²) in [4.78, 5) is 17.1. The summed E-state index contributed by atoms with van der Waals surface area (Å²) in [6.07, 6.45) is 27.2. The molecule has 2 atom stereocenters. The summed E-state index contributed by atoms with van der Waals surface area (Å²) in [7, 11) is 8.84. The number of aliphatic imine (C=N–C) groups is 2. The molecule has 5 heterocycles. The quantitative estimate of drug-likeness (QED) is 0.0337. The molecule has 2 unspecified atom stereocenters. The van der Waals surface area contributed by atoms with Gasteiger partial charge in [0.1, 0.15) is 11.5 Å². The van der Waals surface area contributed by atoms with E-state index >= 15 is 0 Å². The number of hydrogen-bond donors (Lipinski definition) is 2. The van der Waals surface area contributed by atoms with Gasteiger partial charge in [-0.2, -0.15) is 0 Å². The van der Waals surface area contributed by atoms with Crippen LogP contribution in [0.25, 0.3) is 11.6 Å². The fourth-order valence-corrected chi connectivity index (χ4v) is 9.57. The Labute approximate surface area is 391 Å². The predicted molar refractivity (Wildman–Crippen MR) is 269 cm³/mol. The molecule has 7 rings (SSSR count). The third kappa shape index (κ3) is 12.2. The average molecular weight is 905 g/mol. The first kappa shape index (κ1) is 47.4. The van der Waals surface area contributed by atoms with Crippen LogP contribution >= 0.6 is 23.2 Å². The fraction of sp³-hybridized carbons (Fsp3) is 0.444. The molecule has 64 heavy (non-hydrogen) atoms. The summed E-state index contributed by atoms with van der Waals surface area (Å²) in [6.45, 7) is 6.94. The molecule has 2 aromatic heterocycles. The number of benzene rings is 2. The van der Waals surface area contributed by atoms with Crippen molar-refractivity contribution in [3.05, 3.63) is 142 Å². The van der Waals surface area contributed by atoms with Gasteiger partial charge in [-0.25, -0.2) is 4.99 Å². The molecule has 2 N–H and O–H groups in total. The van der Waals surface area contributed by atoms with Crippen LogP contribution in [-0.2, 0) is 4.87 Å². The first-order valence-corrected chi connectivity index (χ1v) is 24.4. The highest BCUT2D eigenvalue weighted by Gasteiger charge is 2.53. The van der Waals surface area contributed by atoms with Gasteiger partial charge in [-0.1, -0.05) is 101 Å². The van der Waals surface area contributed by atoms with Crippen LogP contribution in [0.5, 0.6) is 11.5 Å². The van der Waals surface area contributed by atoms with Gasteiger partial charge in [-0.3, -0.25) is 4.99 Å². The molecule has 10 heteroatoms.